The third-order valence-corrected chi connectivity index (χ3v) is 5.45. The van der Waals surface area contributed by atoms with Crippen LogP contribution >= 0.6 is 0 Å². The van der Waals surface area contributed by atoms with E-state index in [0.29, 0.717) is 5.69 Å². The highest BCUT2D eigenvalue weighted by Gasteiger charge is 2.20. The van der Waals surface area contributed by atoms with Crippen molar-refractivity contribution in [3.63, 3.8) is 0 Å². The number of piperazine rings is 1. The summed E-state index contributed by atoms with van der Waals surface area (Å²) in [6.07, 6.45) is 0. The van der Waals surface area contributed by atoms with Gasteiger partial charge in [0.1, 0.15) is 0 Å². The average Bonchev–Trinajstić information content (AvgIpc) is 2.75. The minimum absolute atomic E-state index is 0.0325. The molecule has 0 saturated carbocycles. The number of nitrogens with one attached hydrogen (secondary N) is 1. The van der Waals surface area contributed by atoms with E-state index in [9.17, 15) is 14.9 Å². The molecule has 0 aromatic heterocycles. The van der Waals surface area contributed by atoms with Gasteiger partial charge in [-0.05, 0) is 22.4 Å². The molecule has 1 amide bonds. The number of amides is 1. The molecule has 3 aromatic rings. The number of anilines is 1. The van der Waals surface area contributed by atoms with Crippen molar-refractivity contribution in [3.8, 4) is 0 Å². The molecule has 0 atom stereocenters. The standard InChI is InChI=1S/C23H24N4O3/c28-23(24-20-8-4-9-21(15-20)27(29)30)17-26-13-11-25(12-14-26)16-19-7-3-6-18-5-1-2-10-22(18)19/h1-10,15H,11-14,16-17H2,(H,24,28). The molecule has 1 aliphatic rings. The van der Waals surface area contributed by atoms with Crippen LogP contribution in [0.15, 0.2) is 66.7 Å². The second-order valence-electron chi connectivity index (χ2n) is 7.55. The molecule has 3 aromatic carbocycles. The van der Waals surface area contributed by atoms with Gasteiger partial charge in [-0.25, -0.2) is 0 Å². The first-order valence-corrected chi connectivity index (χ1v) is 10.0. The first-order valence-electron chi connectivity index (χ1n) is 10.0. The lowest BCUT2D eigenvalue weighted by molar-refractivity contribution is -0.384. The second-order valence-corrected chi connectivity index (χ2v) is 7.55. The number of nitro benzene ring substituents is 1. The third-order valence-electron chi connectivity index (χ3n) is 5.45. The number of carbonyl (C=O) groups is 1. The molecule has 154 valence electrons. The molecule has 7 heteroatoms. The number of fused-ring (bicyclic) bond motifs is 1. The molecular weight excluding hydrogens is 380 g/mol. The quantitative estimate of drug-likeness (QED) is 0.502. The zero-order chi connectivity index (χ0) is 20.9. The van der Waals surface area contributed by atoms with E-state index in [1.807, 2.05) is 0 Å². The van der Waals surface area contributed by atoms with Gasteiger partial charge in [-0.2, -0.15) is 0 Å². The molecule has 4 rings (SSSR count). The van der Waals surface area contributed by atoms with Gasteiger partial charge < -0.3 is 5.32 Å². The fourth-order valence-electron chi connectivity index (χ4n) is 3.88. The van der Waals surface area contributed by atoms with Crippen LogP contribution in [0.25, 0.3) is 10.8 Å². The predicted octanol–water partition coefficient (Wildman–Crippen LogP) is 3.50. The fraction of sp³-hybridized carbons (Fsp3) is 0.261. The maximum Gasteiger partial charge on any atom is 0.271 e. The normalized spacial score (nSPS) is 15.2. The van der Waals surface area contributed by atoms with E-state index in [1.54, 1.807) is 12.1 Å². The van der Waals surface area contributed by atoms with E-state index >= 15 is 0 Å². The number of rotatable bonds is 6. The van der Waals surface area contributed by atoms with Crippen LogP contribution in [-0.2, 0) is 11.3 Å². The van der Waals surface area contributed by atoms with Crippen LogP contribution in [0.4, 0.5) is 11.4 Å². The van der Waals surface area contributed by atoms with Crippen LogP contribution in [0.1, 0.15) is 5.56 Å². The van der Waals surface area contributed by atoms with Crippen molar-refractivity contribution in [3.05, 3.63) is 82.4 Å². The first-order chi connectivity index (χ1) is 14.6. The summed E-state index contributed by atoms with van der Waals surface area (Å²) < 4.78 is 0. The largest absolute Gasteiger partial charge is 0.325 e. The van der Waals surface area contributed by atoms with Crippen LogP contribution < -0.4 is 5.32 Å². The lowest BCUT2D eigenvalue weighted by Crippen LogP contribution is -2.48. The number of benzene rings is 3. The van der Waals surface area contributed by atoms with E-state index in [1.165, 1.54) is 28.5 Å². The fourth-order valence-corrected chi connectivity index (χ4v) is 3.88. The zero-order valence-electron chi connectivity index (χ0n) is 16.7. The van der Waals surface area contributed by atoms with Gasteiger partial charge in [-0.1, -0.05) is 48.5 Å². The van der Waals surface area contributed by atoms with Crippen LogP contribution in [0.2, 0.25) is 0 Å². The summed E-state index contributed by atoms with van der Waals surface area (Å²) in [5.41, 5.74) is 1.74. The highest BCUT2D eigenvalue weighted by atomic mass is 16.6. The first kappa shape index (κ1) is 20.0. The summed E-state index contributed by atoms with van der Waals surface area (Å²) in [7, 11) is 0. The molecule has 0 bridgehead atoms. The second kappa shape index (κ2) is 9.02. The molecule has 1 fully saturated rings. The Balaban J connectivity index is 1.29. The van der Waals surface area contributed by atoms with Gasteiger partial charge in [0.25, 0.3) is 5.69 Å². The van der Waals surface area contributed by atoms with E-state index in [2.05, 4.69) is 57.6 Å². The van der Waals surface area contributed by atoms with Gasteiger partial charge in [0.05, 0.1) is 11.5 Å². The predicted molar refractivity (Wildman–Crippen MR) is 117 cm³/mol. The van der Waals surface area contributed by atoms with Crippen molar-refractivity contribution < 1.29 is 9.72 Å². The number of hydrogen-bond donors (Lipinski definition) is 1. The maximum atomic E-state index is 12.3. The third kappa shape index (κ3) is 4.82. The summed E-state index contributed by atoms with van der Waals surface area (Å²) in [6.45, 7) is 4.60. The Morgan fingerprint density at radius 1 is 0.933 bits per heavy atom. The summed E-state index contributed by atoms with van der Waals surface area (Å²) in [5, 5.41) is 16.2. The number of carbonyl (C=O) groups excluding carboxylic acids is 1. The topological polar surface area (TPSA) is 78.7 Å². The lowest BCUT2D eigenvalue weighted by Gasteiger charge is -2.34. The minimum atomic E-state index is -0.467. The van der Waals surface area contributed by atoms with Crippen LogP contribution in [-0.4, -0.2) is 53.4 Å². The van der Waals surface area contributed by atoms with Crippen LogP contribution in [0, 0.1) is 10.1 Å². The summed E-state index contributed by atoms with van der Waals surface area (Å²) >= 11 is 0. The smallest absolute Gasteiger partial charge is 0.271 e. The van der Waals surface area contributed by atoms with E-state index in [-0.39, 0.29) is 18.1 Å². The number of non-ortho nitro benzene ring substituents is 1. The minimum Gasteiger partial charge on any atom is -0.325 e. The average molecular weight is 404 g/mol. The van der Waals surface area contributed by atoms with Crippen molar-refractivity contribution in [2.24, 2.45) is 0 Å². The summed E-state index contributed by atoms with van der Waals surface area (Å²) in [6, 6.07) is 20.9. The molecule has 0 aliphatic carbocycles. The van der Waals surface area contributed by atoms with Gasteiger partial charge >= 0.3 is 0 Å². The molecule has 7 nitrogen and oxygen atoms in total. The highest BCUT2D eigenvalue weighted by Crippen LogP contribution is 2.21. The molecule has 0 radical (unpaired) electrons. The Morgan fingerprint density at radius 3 is 2.43 bits per heavy atom. The van der Waals surface area contributed by atoms with E-state index < -0.39 is 4.92 Å². The molecular formula is C23H24N4O3. The molecule has 1 saturated heterocycles. The van der Waals surface area contributed by atoms with Gasteiger partial charge in [0, 0.05) is 50.5 Å². The SMILES string of the molecule is O=C(CN1CCN(Cc2cccc3ccccc23)CC1)Nc1cccc([N+](=O)[O-])c1. The number of nitro groups is 1. The Hall–Kier alpha value is -3.29. The molecule has 1 heterocycles. The number of nitrogens with zero attached hydrogens (tertiary/aromatic N) is 3. The Kier molecular flexibility index (Phi) is 6.02. The Morgan fingerprint density at radius 2 is 1.63 bits per heavy atom. The van der Waals surface area contributed by atoms with Gasteiger partial charge in [0.2, 0.25) is 5.91 Å². The van der Waals surface area contributed by atoms with Gasteiger partial charge in [0.15, 0.2) is 0 Å². The van der Waals surface area contributed by atoms with Crippen molar-refractivity contribution in [2.45, 2.75) is 6.54 Å². The molecule has 30 heavy (non-hydrogen) atoms. The Bertz CT molecular complexity index is 1060. The maximum absolute atomic E-state index is 12.3. The monoisotopic (exact) mass is 404 g/mol. The van der Waals surface area contributed by atoms with Crippen LogP contribution in [0.5, 0.6) is 0 Å². The Labute approximate surface area is 175 Å². The van der Waals surface area contributed by atoms with E-state index in [0.717, 1.165) is 32.7 Å². The highest BCUT2D eigenvalue weighted by molar-refractivity contribution is 5.92. The van der Waals surface area contributed by atoms with Gasteiger partial charge in [-0.3, -0.25) is 24.7 Å². The summed E-state index contributed by atoms with van der Waals surface area (Å²) in [5.74, 6) is -0.155. The number of hydrogen-bond acceptors (Lipinski definition) is 5. The van der Waals surface area contributed by atoms with E-state index in [4.69, 9.17) is 0 Å². The molecule has 1 N–H and O–H groups in total. The van der Waals surface area contributed by atoms with Gasteiger partial charge in [-0.15, -0.1) is 0 Å². The van der Waals surface area contributed by atoms with Crippen molar-refractivity contribution >= 4 is 28.1 Å². The lowest BCUT2D eigenvalue weighted by atomic mass is 10.0. The van der Waals surface area contributed by atoms with Crippen LogP contribution in [0.3, 0.4) is 0 Å². The van der Waals surface area contributed by atoms with Crippen molar-refractivity contribution in [1.82, 2.24) is 9.80 Å². The molecule has 1 aliphatic heterocycles. The van der Waals surface area contributed by atoms with Crippen molar-refractivity contribution in [2.75, 3.05) is 38.0 Å². The zero-order valence-corrected chi connectivity index (χ0v) is 16.7. The molecule has 0 unspecified atom stereocenters. The molecule has 0 spiro atoms. The van der Waals surface area contributed by atoms with Crippen molar-refractivity contribution in [1.29, 1.82) is 0 Å². The summed E-state index contributed by atoms with van der Waals surface area (Å²) in [4.78, 5) is 27.3.